The fourth-order valence-electron chi connectivity index (χ4n) is 3.18. The Labute approximate surface area is 133 Å². The second-order valence-electron chi connectivity index (χ2n) is 6.16. The number of hydrogen-bond acceptors (Lipinski definition) is 4. The van der Waals surface area contributed by atoms with Gasteiger partial charge in [0.1, 0.15) is 10.7 Å². The van der Waals surface area contributed by atoms with Crippen molar-refractivity contribution in [2.45, 2.75) is 42.8 Å². The Morgan fingerprint density at radius 2 is 2.13 bits per heavy atom. The van der Waals surface area contributed by atoms with Gasteiger partial charge in [-0.3, -0.25) is 0 Å². The summed E-state index contributed by atoms with van der Waals surface area (Å²) in [5.74, 6) is -2.03. The van der Waals surface area contributed by atoms with Gasteiger partial charge >= 0.3 is 5.97 Å². The third-order valence-corrected chi connectivity index (χ3v) is 6.52. The lowest BCUT2D eigenvalue weighted by molar-refractivity contribution is -0.195. The monoisotopic (exact) mass is 343 g/mol. The van der Waals surface area contributed by atoms with Crippen LogP contribution in [0, 0.1) is 12.7 Å². The molecule has 1 saturated carbocycles. The number of hydrogen-bond donors (Lipinski definition) is 1. The average molecular weight is 343 g/mol. The van der Waals surface area contributed by atoms with Gasteiger partial charge in [-0.1, -0.05) is 12.1 Å². The highest BCUT2D eigenvalue weighted by Gasteiger charge is 2.50. The molecular formula is C15H18FNO5S. The van der Waals surface area contributed by atoms with Gasteiger partial charge in [-0.25, -0.2) is 17.6 Å². The van der Waals surface area contributed by atoms with Crippen LogP contribution in [0.2, 0.25) is 0 Å². The lowest BCUT2D eigenvalue weighted by Gasteiger charge is -2.49. The van der Waals surface area contributed by atoms with E-state index in [1.165, 1.54) is 19.1 Å². The Morgan fingerprint density at radius 3 is 2.65 bits per heavy atom. The molecule has 1 atom stereocenters. The molecule has 1 heterocycles. The second-order valence-corrected chi connectivity index (χ2v) is 8.04. The third kappa shape index (κ3) is 2.75. The number of aliphatic carboxylic acids is 1. The first kappa shape index (κ1) is 16.4. The number of ether oxygens (including phenoxy) is 1. The van der Waals surface area contributed by atoms with E-state index in [-0.39, 0.29) is 18.0 Å². The molecule has 3 rings (SSSR count). The minimum Gasteiger partial charge on any atom is -0.479 e. The van der Waals surface area contributed by atoms with Crippen LogP contribution in [0.1, 0.15) is 24.8 Å². The van der Waals surface area contributed by atoms with Gasteiger partial charge in [0.2, 0.25) is 10.0 Å². The van der Waals surface area contributed by atoms with E-state index in [4.69, 9.17) is 4.74 Å². The molecule has 1 aliphatic heterocycles. The highest BCUT2D eigenvalue weighted by atomic mass is 32.2. The SMILES string of the molecule is Cc1cccc(F)c1S(=O)(=O)N1CC(C(=O)O)OC2(CCC2)C1. The summed E-state index contributed by atoms with van der Waals surface area (Å²) in [6, 6.07) is 4.05. The minimum absolute atomic E-state index is 0.0624. The topological polar surface area (TPSA) is 83.9 Å². The second kappa shape index (κ2) is 5.54. The first-order chi connectivity index (χ1) is 10.8. The third-order valence-electron chi connectivity index (χ3n) is 4.53. The van der Waals surface area contributed by atoms with Crippen molar-refractivity contribution in [1.82, 2.24) is 4.31 Å². The molecule has 0 radical (unpaired) electrons. The number of benzene rings is 1. The maximum atomic E-state index is 14.1. The number of nitrogens with zero attached hydrogens (tertiary/aromatic N) is 1. The largest absolute Gasteiger partial charge is 0.479 e. The summed E-state index contributed by atoms with van der Waals surface area (Å²) in [6.07, 6.45) is 0.850. The highest BCUT2D eigenvalue weighted by Crippen LogP contribution is 2.41. The first-order valence-electron chi connectivity index (χ1n) is 7.41. The Morgan fingerprint density at radius 1 is 1.43 bits per heavy atom. The van der Waals surface area contributed by atoms with E-state index in [2.05, 4.69) is 0 Å². The van der Waals surface area contributed by atoms with Gasteiger partial charge in [-0.15, -0.1) is 0 Å². The van der Waals surface area contributed by atoms with E-state index in [1.807, 2.05) is 0 Å². The standard InChI is InChI=1S/C15H18FNO5S/c1-10-4-2-5-11(16)13(10)23(20,21)17-8-12(14(18)19)22-15(9-17)6-3-7-15/h2,4-5,12H,3,6-9H2,1H3,(H,18,19). The van der Waals surface area contributed by atoms with Gasteiger partial charge in [-0.2, -0.15) is 4.31 Å². The van der Waals surface area contributed by atoms with Crippen LogP contribution in [0.15, 0.2) is 23.1 Å². The maximum absolute atomic E-state index is 14.1. The summed E-state index contributed by atoms with van der Waals surface area (Å²) in [5, 5.41) is 9.23. The number of morpholine rings is 1. The molecule has 1 aliphatic carbocycles. The molecule has 1 N–H and O–H groups in total. The number of halogens is 1. The summed E-state index contributed by atoms with van der Waals surface area (Å²) < 4.78 is 46.5. The number of carbonyl (C=O) groups is 1. The Bertz CT molecular complexity index is 724. The van der Waals surface area contributed by atoms with Gasteiger partial charge in [0.05, 0.1) is 12.1 Å². The summed E-state index contributed by atoms with van der Waals surface area (Å²) in [5.41, 5.74) is -0.459. The van der Waals surface area contributed by atoms with Gasteiger partial charge in [0, 0.05) is 6.54 Å². The van der Waals surface area contributed by atoms with Gasteiger partial charge in [0.25, 0.3) is 0 Å². The Hall–Kier alpha value is -1.51. The van der Waals surface area contributed by atoms with E-state index in [9.17, 15) is 22.7 Å². The molecule has 1 aromatic carbocycles. The van der Waals surface area contributed by atoms with Crippen molar-refractivity contribution in [1.29, 1.82) is 0 Å². The number of carboxylic acid groups (broad SMARTS) is 1. The molecule has 2 fully saturated rings. The molecule has 6 nitrogen and oxygen atoms in total. The van der Waals surface area contributed by atoms with Crippen LogP contribution in [0.4, 0.5) is 4.39 Å². The van der Waals surface area contributed by atoms with Crippen LogP contribution in [-0.4, -0.2) is 48.6 Å². The van der Waals surface area contributed by atoms with Crippen molar-refractivity contribution >= 4 is 16.0 Å². The lowest BCUT2D eigenvalue weighted by atomic mass is 9.79. The van der Waals surface area contributed by atoms with Crippen molar-refractivity contribution in [3.63, 3.8) is 0 Å². The average Bonchev–Trinajstić information content (AvgIpc) is 2.44. The highest BCUT2D eigenvalue weighted by molar-refractivity contribution is 7.89. The molecule has 0 bridgehead atoms. The van der Waals surface area contributed by atoms with E-state index in [0.717, 1.165) is 16.8 Å². The van der Waals surface area contributed by atoms with Gasteiger partial charge in [-0.05, 0) is 37.8 Å². The lowest BCUT2D eigenvalue weighted by Crippen LogP contribution is -2.61. The quantitative estimate of drug-likeness (QED) is 0.900. The number of rotatable bonds is 3. The first-order valence-corrected chi connectivity index (χ1v) is 8.85. The van der Waals surface area contributed by atoms with Gasteiger partial charge < -0.3 is 9.84 Å². The normalized spacial score (nSPS) is 24.3. The molecule has 1 unspecified atom stereocenters. The fourth-order valence-corrected chi connectivity index (χ4v) is 4.96. The van der Waals surface area contributed by atoms with Crippen LogP contribution in [0.3, 0.4) is 0 Å². The molecule has 23 heavy (non-hydrogen) atoms. The van der Waals surface area contributed by atoms with Gasteiger partial charge in [0.15, 0.2) is 6.10 Å². The molecule has 0 aromatic heterocycles. The van der Waals surface area contributed by atoms with E-state index in [1.54, 1.807) is 0 Å². The summed E-state index contributed by atoms with van der Waals surface area (Å²) in [4.78, 5) is 10.9. The maximum Gasteiger partial charge on any atom is 0.334 e. The molecule has 1 spiro atoms. The van der Waals surface area contributed by atoms with Crippen LogP contribution in [0.5, 0.6) is 0 Å². The number of sulfonamides is 1. The van der Waals surface area contributed by atoms with E-state index >= 15 is 0 Å². The molecule has 2 aliphatic rings. The Balaban J connectivity index is 2.00. The summed E-state index contributed by atoms with van der Waals surface area (Å²) in [7, 11) is -4.12. The van der Waals surface area contributed by atoms with Crippen LogP contribution in [0.25, 0.3) is 0 Å². The van der Waals surface area contributed by atoms with Crippen molar-refractivity contribution in [3.05, 3.63) is 29.6 Å². The van der Waals surface area contributed by atoms with E-state index < -0.39 is 33.5 Å². The number of carboxylic acids is 1. The van der Waals surface area contributed by atoms with Crippen molar-refractivity contribution in [2.75, 3.05) is 13.1 Å². The molecule has 0 amide bonds. The van der Waals surface area contributed by atoms with Crippen molar-refractivity contribution in [2.24, 2.45) is 0 Å². The molecule has 8 heteroatoms. The predicted octanol–water partition coefficient (Wildman–Crippen LogP) is 1.53. The molecular weight excluding hydrogens is 325 g/mol. The molecule has 1 aromatic rings. The van der Waals surface area contributed by atoms with Crippen molar-refractivity contribution in [3.8, 4) is 0 Å². The summed E-state index contributed by atoms with van der Waals surface area (Å²) in [6.45, 7) is 1.27. The van der Waals surface area contributed by atoms with E-state index in [0.29, 0.717) is 18.4 Å². The molecule has 1 saturated heterocycles. The van der Waals surface area contributed by atoms with Crippen LogP contribution < -0.4 is 0 Å². The minimum atomic E-state index is -4.12. The van der Waals surface area contributed by atoms with Crippen LogP contribution in [-0.2, 0) is 19.6 Å². The predicted molar refractivity (Wildman–Crippen MR) is 79.0 cm³/mol. The number of aryl methyl sites for hydroxylation is 1. The zero-order valence-electron chi connectivity index (χ0n) is 12.7. The van der Waals surface area contributed by atoms with Crippen LogP contribution >= 0.6 is 0 Å². The van der Waals surface area contributed by atoms with Crippen molar-refractivity contribution < 1.29 is 27.4 Å². The smallest absolute Gasteiger partial charge is 0.334 e. The fraction of sp³-hybridized carbons (Fsp3) is 0.533. The zero-order chi connectivity index (χ0) is 16.8. The Kier molecular flexibility index (Phi) is 3.94. The zero-order valence-corrected chi connectivity index (χ0v) is 13.5. The molecule has 126 valence electrons. The summed E-state index contributed by atoms with van der Waals surface area (Å²) >= 11 is 0.